The number of nitrogens with two attached hydrogens (primary N) is 1. The van der Waals surface area contributed by atoms with E-state index in [0.29, 0.717) is 25.4 Å². The van der Waals surface area contributed by atoms with Crippen molar-refractivity contribution < 1.29 is 13.2 Å². The summed E-state index contributed by atoms with van der Waals surface area (Å²) >= 11 is 0. The quantitative estimate of drug-likeness (QED) is 0.826. The average molecular weight is 299 g/mol. The average Bonchev–Trinajstić information content (AvgIpc) is 2.47. The van der Waals surface area contributed by atoms with Gasteiger partial charge in [0.25, 0.3) is 0 Å². The van der Waals surface area contributed by atoms with Crippen LogP contribution in [-0.4, -0.2) is 47.3 Å². The van der Waals surface area contributed by atoms with Gasteiger partial charge in [-0.05, 0) is 26.1 Å². The van der Waals surface area contributed by atoms with E-state index in [1.165, 1.54) is 7.05 Å². The van der Waals surface area contributed by atoms with E-state index in [4.69, 9.17) is 10.5 Å². The van der Waals surface area contributed by atoms with Crippen molar-refractivity contribution in [2.24, 2.45) is 5.73 Å². The molecule has 0 aliphatic carbocycles. The van der Waals surface area contributed by atoms with Gasteiger partial charge in [0.05, 0.1) is 18.4 Å². The number of para-hydroxylation sites is 1. The zero-order valence-corrected chi connectivity index (χ0v) is 12.6. The van der Waals surface area contributed by atoms with Crippen LogP contribution in [0.15, 0.2) is 29.2 Å². The van der Waals surface area contributed by atoms with Crippen LogP contribution in [0.5, 0.6) is 0 Å². The van der Waals surface area contributed by atoms with E-state index in [1.807, 2.05) is 24.0 Å². The van der Waals surface area contributed by atoms with Crippen molar-refractivity contribution in [1.29, 1.82) is 0 Å². The molecule has 112 valence electrons. The van der Waals surface area contributed by atoms with E-state index in [0.717, 1.165) is 0 Å². The van der Waals surface area contributed by atoms with Crippen molar-refractivity contribution in [3.05, 3.63) is 24.3 Å². The monoisotopic (exact) mass is 299 g/mol. The molecular weight excluding hydrogens is 278 g/mol. The van der Waals surface area contributed by atoms with Crippen molar-refractivity contribution in [3.8, 4) is 0 Å². The van der Waals surface area contributed by atoms with Crippen LogP contribution in [0.4, 0.5) is 5.69 Å². The molecule has 2 atom stereocenters. The van der Waals surface area contributed by atoms with Crippen LogP contribution in [-0.2, 0) is 14.8 Å². The zero-order chi connectivity index (χ0) is 14.8. The highest BCUT2D eigenvalue weighted by Crippen LogP contribution is 2.26. The Morgan fingerprint density at radius 3 is 2.80 bits per heavy atom. The fraction of sp³-hybridized carbons (Fsp3) is 0.538. The maximum Gasteiger partial charge on any atom is 0.242 e. The Morgan fingerprint density at radius 1 is 1.45 bits per heavy atom. The molecule has 0 radical (unpaired) electrons. The molecule has 20 heavy (non-hydrogen) atoms. The molecule has 0 spiro atoms. The first-order valence-electron chi connectivity index (χ1n) is 6.60. The Labute approximate surface area is 120 Å². The second kappa shape index (κ2) is 6.09. The number of sulfonamides is 1. The highest BCUT2D eigenvalue weighted by atomic mass is 32.2. The van der Waals surface area contributed by atoms with Gasteiger partial charge >= 0.3 is 0 Å². The fourth-order valence-electron chi connectivity index (χ4n) is 2.27. The highest BCUT2D eigenvalue weighted by molar-refractivity contribution is 7.89. The number of anilines is 1. The van der Waals surface area contributed by atoms with Crippen LogP contribution >= 0.6 is 0 Å². The molecule has 6 nitrogen and oxygen atoms in total. The minimum atomic E-state index is -3.48. The van der Waals surface area contributed by atoms with Gasteiger partial charge < -0.3 is 15.4 Å². The van der Waals surface area contributed by atoms with E-state index in [-0.39, 0.29) is 17.0 Å². The molecule has 0 saturated carbocycles. The molecule has 2 rings (SSSR count). The molecule has 1 fully saturated rings. The van der Waals surface area contributed by atoms with Crippen LogP contribution in [0, 0.1) is 0 Å². The van der Waals surface area contributed by atoms with Gasteiger partial charge in [-0.15, -0.1) is 0 Å². The predicted octanol–water partition coefficient (Wildman–Crippen LogP) is 0.147. The summed E-state index contributed by atoms with van der Waals surface area (Å²) in [4.78, 5) is 2.30. The van der Waals surface area contributed by atoms with E-state index >= 15 is 0 Å². The summed E-state index contributed by atoms with van der Waals surface area (Å²) in [6.07, 6.45) is -0.0888. The van der Waals surface area contributed by atoms with Gasteiger partial charge in [0.15, 0.2) is 0 Å². The molecule has 0 aromatic heterocycles. The lowest BCUT2D eigenvalue weighted by atomic mass is 10.1. The van der Waals surface area contributed by atoms with Crippen LogP contribution in [0.1, 0.15) is 6.92 Å². The summed E-state index contributed by atoms with van der Waals surface area (Å²) in [6, 6.07) is 6.88. The van der Waals surface area contributed by atoms with Crippen molar-refractivity contribution in [1.82, 2.24) is 4.72 Å². The number of hydrogen-bond donors (Lipinski definition) is 2. The van der Waals surface area contributed by atoms with Crippen molar-refractivity contribution in [2.75, 3.05) is 31.6 Å². The van der Waals surface area contributed by atoms with E-state index < -0.39 is 10.0 Å². The molecule has 1 aliphatic rings. The van der Waals surface area contributed by atoms with Crippen molar-refractivity contribution >= 4 is 15.7 Å². The molecule has 1 aromatic carbocycles. The number of ether oxygens (including phenoxy) is 1. The fourth-order valence-corrected chi connectivity index (χ4v) is 3.22. The predicted molar refractivity (Wildman–Crippen MR) is 78.3 cm³/mol. The Kier molecular flexibility index (Phi) is 4.64. The number of benzene rings is 1. The molecule has 1 aromatic rings. The first-order valence-corrected chi connectivity index (χ1v) is 8.08. The van der Waals surface area contributed by atoms with Crippen LogP contribution in [0.2, 0.25) is 0 Å². The number of rotatable bonds is 4. The SMILES string of the molecule is CNS(=O)(=O)c1ccccc1N1CCOC(C(C)N)C1. The smallest absolute Gasteiger partial charge is 0.242 e. The van der Waals surface area contributed by atoms with Crippen LogP contribution in [0.3, 0.4) is 0 Å². The van der Waals surface area contributed by atoms with Crippen LogP contribution < -0.4 is 15.4 Å². The summed E-state index contributed by atoms with van der Waals surface area (Å²) < 4.78 is 32.1. The second-order valence-corrected chi connectivity index (χ2v) is 6.74. The lowest BCUT2D eigenvalue weighted by Crippen LogP contribution is -2.50. The van der Waals surface area contributed by atoms with E-state index in [2.05, 4.69) is 4.72 Å². The molecule has 2 unspecified atom stereocenters. The molecule has 1 aliphatic heterocycles. The first-order chi connectivity index (χ1) is 9.45. The lowest BCUT2D eigenvalue weighted by Gasteiger charge is -2.36. The Balaban J connectivity index is 2.33. The Hall–Kier alpha value is -1.15. The van der Waals surface area contributed by atoms with Crippen molar-refractivity contribution in [2.45, 2.75) is 24.0 Å². The van der Waals surface area contributed by atoms with Crippen LogP contribution in [0.25, 0.3) is 0 Å². The number of nitrogens with one attached hydrogen (secondary N) is 1. The standard InChI is InChI=1S/C13H21N3O3S/c1-10(14)12-9-16(7-8-19-12)11-5-3-4-6-13(11)20(17,18)15-2/h3-6,10,12,15H,7-9,14H2,1-2H3. The van der Waals surface area contributed by atoms with Gasteiger partial charge in [-0.1, -0.05) is 12.1 Å². The second-order valence-electron chi connectivity index (χ2n) is 4.89. The van der Waals surface area contributed by atoms with E-state index in [9.17, 15) is 8.42 Å². The molecule has 7 heteroatoms. The van der Waals surface area contributed by atoms with Gasteiger partial charge in [0.2, 0.25) is 10.0 Å². The maximum absolute atomic E-state index is 12.1. The molecule has 1 saturated heterocycles. The van der Waals surface area contributed by atoms with E-state index in [1.54, 1.807) is 12.1 Å². The third-order valence-electron chi connectivity index (χ3n) is 3.44. The molecule has 1 heterocycles. The summed E-state index contributed by atoms with van der Waals surface area (Å²) in [5, 5.41) is 0. The summed E-state index contributed by atoms with van der Waals surface area (Å²) in [6.45, 7) is 3.68. The summed E-state index contributed by atoms with van der Waals surface area (Å²) in [7, 11) is -2.07. The third-order valence-corrected chi connectivity index (χ3v) is 4.91. The molecule has 0 bridgehead atoms. The number of nitrogens with zero attached hydrogens (tertiary/aromatic N) is 1. The minimum absolute atomic E-state index is 0.0888. The minimum Gasteiger partial charge on any atom is -0.373 e. The Morgan fingerprint density at radius 2 is 2.15 bits per heavy atom. The zero-order valence-electron chi connectivity index (χ0n) is 11.7. The van der Waals surface area contributed by atoms with Gasteiger partial charge in [-0.3, -0.25) is 0 Å². The normalized spacial score (nSPS) is 21.8. The van der Waals surface area contributed by atoms with Gasteiger partial charge in [0.1, 0.15) is 4.90 Å². The molecule has 3 N–H and O–H groups in total. The topological polar surface area (TPSA) is 84.7 Å². The third kappa shape index (κ3) is 3.12. The van der Waals surface area contributed by atoms with Gasteiger partial charge in [0, 0.05) is 19.1 Å². The Bertz CT molecular complexity index is 560. The largest absolute Gasteiger partial charge is 0.373 e. The summed E-state index contributed by atoms with van der Waals surface area (Å²) in [5.74, 6) is 0. The molecule has 0 amide bonds. The number of hydrogen-bond acceptors (Lipinski definition) is 5. The summed E-state index contributed by atoms with van der Waals surface area (Å²) in [5.41, 5.74) is 6.57. The lowest BCUT2D eigenvalue weighted by molar-refractivity contribution is 0.0274. The molecular formula is C13H21N3O3S. The van der Waals surface area contributed by atoms with Crippen molar-refractivity contribution in [3.63, 3.8) is 0 Å². The first kappa shape index (κ1) is 15.2. The maximum atomic E-state index is 12.1. The number of morpholine rings is 1. The highest BCUT2D eigenvalue weighted by Gasteiger charge is 2.27. The van der Waals surface area contributed by atoms with Gasteiger partial charge in [-0.2, -0.15) is 0 Å². The van der Waals surface area contributed by atoms with Gasteiger partial charge in [-0.25, -0.2) is 13.1 Å².